The summed E-state index contributed by atoms with van der Waals surface area (Å²) >= 11 is 0. The third-order valence-corrected chi connectivity index (χ3v) is 13.3. The van der Waals surface area contributed by atoms with E-state index in [0.29, 0.717) is 0 Å². The fraction of sp³-hybridized carbons (Fsp3) is 0.538. The van der Waals surface area contributed by atoms with Crippen LogP contribution in [0, 0.1) is 0 Å². The first-order chi connectivity index (χ1) is 15.6. The van der Waals surface area contributed by atoms with E-state index in [0.717, 1.165) is 22.6 Å². The van der Waals surface area contributed by atoms with Gasteiger partial charge >= 0.3 is 26.7 Å². The molecule has 1 aromatic rings. The molecule has 0 aromatic heterocycles. The van der Waals surface area contributed by atoms with E-state index in [1.54, 1.807) is 10.6 Å². The molecule has 0 N–H and O–H groups in total. The van der Waals surface area contributed by atoms with Crippen molar-refractivity contribution in [2.75, 3.05) is 0 Å². The normalized spacial score (nSPS) is 29.9. The molecular formula is C26H38BF4P2Ru. The Morgan fingerprint density at radius 1 is 0.618 bits per heavy atom. The number of benzene rings is 1. The van der Waals surface area contributed by atoms with Crippen LogP contribution < -0.4 is 10.6 Å². The van der Waals surface area contributed by atoms with Crippen molar-refractivity contribution >= 4 is 33.7 Å². The van der Waals surface area contributed by atoms with Crippen molar-refractivity contribution in [1.82, 2.24) is 0 Å². The van der Waals surface area contributed by atoms with E-state index < -0.39 is 7.25 Å². The van der Waals surface area contributed by atoms with Gasteiger partial charge in [-0.05, 0) is 71.8 Å². The molecular weight excluding hydrogens is 562 g/mol. The molecule has 8 heteroatoms. The summed E-state index contributed by atoms with van der Waals surface area (Å²) in [5.74, 6) is 0. The first kappa shape index (κ1) is 31.7. The number of hydrogen-bond donors (Lipinski definition) is 0. The van der Waals surface area contributed by atoms with Gasteiger partial charge in [0.25, 0.3) is 0 Å². The van der Waals surface area contributed by atoms with E-state index >= 15 is 0 Å². The molecule has 0 nitrogen and oxygen atoms in total. The molecule has 0 bridgehead atoms. The summed E-state index contributed by atoms with van der Waals surface area (Å²) in [6, 6.07) is 9.55. The maximum atomic E-state index is 9.75. The van der Waals surface area contributed by atoms with Crippen LogP contribution in [0.4, 0.5) is 17.3 Å². The third kappa shape index (κ3) is 10.8. The van der Waals surface area contributed by atoms with Crippen molar-refractivity contribution in [1.29, 1.82) is 0 Å². The molecule has 0 amide bonds. The molecule has 2 fully saturated rings. The predicted octanol–water partition coefficient (Wildman–Crippen LogP) is 8.79. The average molecular weight is 600 g/mol. The zero-order valence-corrected chi connectivity index (χ0v) is 24.2. The van der Waals surface area contributed by atoms with Gasteiger partial charge in [0.1, 0.15) is 0 Å². The third-order valence-electron chi connectivity index (χ3n) is 6.45. The summed E-state index contributed by atoms with van der Waals surface area (Å²) in [5, 5.41) is 3.57. The quantitative estimate of drug-likeness (QED) is 0.181. The molecule has 1 aliphatic carbocycles. The second-order valence-electron chi connectivity index (χ2n) is 9.17. The monoisotopic (exact) mass is 601 g/mol. The van der Waals surface area contributed by atoms with Crippen LogP contribution in [-0.4, -0.2) is 29.9 Å². The van der Waals surface area contributed by atoms with Crippen LogP contribution >= 0.6 is 15.8 Å². The van der Waals surface area contributed by atoms with E-state index in [-0.39, 0.29) is 35.3 Å². The Morgan fingerprint density at radius 3 is 1.21 bits per heavy atom. The van der Waals surface area contributed by atoms with Gasteiger partial charge in [-0.1, -0.05) is 104 Å². The Labute approximate surface area is 219 Å². The average Bonchev–Trinajstić information content (AvgIpc) is 3.21. The van der Waals surface area contributed by atoms with Gasteiger partial charge in [-0.2, -0.15) is 0 Å². The van der Waals surface area contributed by atoms with Gasteiger partial charge in [0, 0.05) is 0 Å². The summed E-state index contributed by atoms with van der Waals surface area (Å²) in [4.78, 5) is 0. The fourth-order valence-corrected chi connectivity index (χ4v) is 12.1. The molecule has 1 aromatic carbocycles. The van der Waals surface area contributed by atoms with Gasteiger partial charge in [-0.15, -0.1) is 0 Å². The Bertz CT molecular complexity index is 727. The molecule has 2 saturated heterocycles. The molecule has 0 spiro atoms. The molecule has 4 atom stereocenters. The number of hydrogen-bond acceptors (Lipinski definition) is 0. The van der Waals surface area contributed by atoms with Crippen LogP contribution in [0.25, 0.3) is 0 Å². The van der Waals surface area contributed by atoms with Crippen molar-refractivity contribution in [2.24, 2.45) is 0 Å². The first-order valence-electron chi connectivity index (χ1n) is 12.1. The van der Waals surface area contributed by atoms with Crippen LogP contribution in [0.3, 0.4) is 0 Å². The van der Waals surface area contributed by atoms with Crippen molar-refractivity contribution < 1.29 is 36.7 Å². The number of allylic oxidation sites excluding steroid dienone is 6. The second-order valence-corrected chi connectivity index (χ2v) is 15.3. The Kier molecular flexibility index (Phi) is 14.7. The van der Waals surface area contributed by atoms with Crippen LogP contribution in [0.1, 0.15) is 66.2 Å². The van der Waals surface area contributed by atoms with Gasteiger partial charge < -0.3 is 17.3 Å². The fourth-order valence-electron chi connectivity index (χ4n) is 4.91. The zero-order valence-electron chi connectivity index (χ0n) is 20.7. The summed E-state index contributed by atoms with van der Waals surface area (Å²) < 4.78 is 39.0. The largest absolute Gasteiger partial charge is 1.00 e. The molecule has 0 saturated carbocycles. The van der Waals surface area contributed by atoms with Crippen LogP contribution in [-0.2, 0) is 19.5 Å². The zero-order chi connectivity index (χ0) is 24.4. The summed E-state index contributed by atoms with van der Waals surface area (Å²) in [5.41, 5.74) is 3.74. The number of rotatable bonds is 2. The smallest absolute Gasteiger partial charge is 0.418 e. The van der Waals surface area contributed by atoms with E-state index in [2.05, 4.69) is 88.4 Å². The van der Waals surface area contributed by atoms with Gasteiger partial charge in [0.15, 0.2) is 0 Å². The van der Waals surface area contributed by atoms with Crippen molar-refractivity contribution in [3.63, 3.8) is 0 Å². The Morgan fingerprint density at radius 2 is 0.912 bits per heavy atom. The predicted molar refractivity (Wildman–Crippen MR) is 143 cm³/mol. The Hall–Kier alpha value is -0.292. The van der Waals surface area contributed by atoms with Crippen LogP contribution in [0.5, 0.6) is 0 Å². The number of halogens is 4. The molecule has 2 aliphatic heterocycles. The van der Waals surface area contributed by atoms with Gasteiger partial charge in [0.05, 0.1) is 0 Å². The van der Waals surface area contributed by atoms with E-state index in [9.17, 15) is 17.3 Å². The molecule has 0 unspecified atom stereocenters. The molecule has 3 aliphatic rings. The standard InChI is InChI=1S/C18H28P2.C8H10.BF4.Ru/c1-13-9-10-14(2)19(13)17-7-5-6-8-18(17)20-15(3)11-12-16(20)4;1-2-4-6-8-7-5-3-1;2-1(3,4)5;/h5-8,13-16H,9-12H2,1-4H3;1-6H,7-8H2;;/q;;-1;+1/b;2-1-,5-3-,6-4-;;/t13-,14-,15-,16-;;;/m1.../s1. The van der Waals surface area contributed by atoms with E-state index in [1.165, 1.54) is 38.5 Å². The molecule has 191 valence electrons. The van der Waals surface area contributed by atoms with E-state index in [4.69, 9.17) is 0 Å². The minimum atomic E-state index is -6.00. The molecule has 1 radical (unpaired) electrons. The van der Waals surface area contributed by atoms with Gasteiger partial charge in [-0.25, -0.2) is 0 Å². The second kappa shape index (κ2) is 15.7. The maximum absolute atomic E-state index is 9.75. The van der Waals surface area contributed by atoms with Crippen molar-refractivity contribution in [2.45, 2.75) is 88.9 Å². The molecule has 2 heterocycles. The topological polar surface area (TPSA) is 0 Å². The van der Waals surface area contributed by atoms with Crippen molar-refractivity contribution in [3.8, 4) is 0 Å². The minimum absolute atomic E-state index is 0. The van der Waals surface area contributed by atoms with Crippen LogP contribution in [0.15, 0.2) is 60.7 Å². The summed E-state index contributed by atoms with van der Waals surface area (Å²) in [6.45, 7) is 10.0. The molecule has 4 rings (SSSR count). The Balaban J connectivity index is 0.000000343. The van der Waals surface area contributed by atoms with Crippen molar-refractivity contribution in [3.05, 3.63) is 60.7 Å². The van der Waals surface area contributed by atoms with Crippen LogP contribution in [0.2, 0.25) is 0 Å². The minimum Gasteiger partial charge on any atom is -0.418 e. The van der Waals surface area contributed by atoms with E-state index in [1.807, 2.05) is 0 Å². The maximum Gasteiger partial charge on any atom is 1.00 e. The van der Waals surface area contributed by atoms with Gasteiger partial charge in [-0.3, -0.25) is 0 Å². The van der Waals surface area contributed by atoms with Gasteiger partial charge in [0.2, 0.25) is 0 Å². The summed E-state index contributed by atoms with van der Waals surface area (Å²) in [7, 11) is -5.84. The molecule has 34 heavy (non-hydrogen) atoms. The summed E-state index contributed by atoms with van der Waals surface area (Å²) in [6.07, 6.45) is 20.8. The SMILES string of the molecule is C1=C\C=C/CC\C=C/1.C[C@@H]1CC[C@@H](C)P1c1ccccc1P1[C@H](C)CC[C@H]1C.F[B-](F)(F)F.[Ru+]. The first-order valence-corrected chi connectivity index (χ1v) is 15.1.